The minimum Gasteiger partial charge on any atom is -0.465 e. The van der Waals surface area contributed by atoms with E-state index >= 15 is 0 Å². The van der Waals surface area contributed by atoms with Gasteiger partial charge in [0.2, 0.25) is 15.9 Å². The topological polar surface area (TPSA) is 133 Å². The van der Waals surface area contributed by atoms with Crippen molar-refractivity contribution in [2.24, 2.45) is 0 Å². The summed E-state index contributed by atoms with van der Waals surface area (Å²) in [5, 5.41) is 3.82. The van der Waals surface area contributed by atoms with Gasteiger partial charge < -0.3 is 13.4 Å². The molecule has 0 unspecified atom stereocenters. The fourth-order valence-electron chi connectivity index (χ4n) is 2.83. The lowest BCUT2D eigenvalue weighted by Gasteiger charge is -2.05. The summed E-state index contributed by atoms with van der Waals surface area (Å²) < 4.78 is 44.5. The summed E-state index contributed by atoms with van der Waals surface area (Å²) in [7, 11) is -3.82. The van der Waals surface area contributed by atoms with Crippen LogP contribution in [0.15, 0.2) is 53.4 Å². The van der Waals surface area contributed by atoms with Crippen molar-refractivity contribution in [1.29, 1.82) is 0 Å². The first-order valence-electron chi connectivity index (χ1n) is 8.85. The molecule has 11 heteroatoms. The normalized spacial score (nSPS) is 12.1. The molecule has 4 aromatic rings. The molecule has 0 fully saturated rings. The molecule has 152 valence electrons. The molecule has 0 spiro atoms. The first-order valence-corrected chi connectivity index (χ1v) is 10.3. The lowest BCUT2D eigenvalue weighted by atomic mass is 10.3. The Kier molecular flexibility index (Phi) is 4.84. The van der Waals surface area contributed by atoms with E-state index in [-0.39, 0.29) is 23.6 Å². The minimum absolute atomic E-state index is 0.0107. The third-order valence-electron chi connectivity index (χ3n) is 4.29. The van der Waals surface area contributed by atoms with Crippen molar-refractivity contribution in [1.82, 2.24) is 19.4 Å². The maximum absolute atomic E-state index is 12.6. The highest BCUT2D eigenvalue weighted by molar-refractivity contribution is 7.89. The summed E-state index contributed by atoms with van der Waals surface area (Å²) in [4.78, 5) is 16.4. The van der Waals surface area contributed by atoms with Crippen LogP contribution in [0.1, 0.15) is 30.2 Å². The van der Waals surface area contributed by atoms with E-state index in [2.05, 4.69) is 14.9 Å². The van der Waals surface area contributed by atoms with E-state index in [4.69, 9.17) is 13.4 Å². The Morgan fingerprint density at radius 1 is 1.17 bits per heavy atom. The van der Waals surface area contributed by atoms with Crippen LogP contribution in [-0.4, -0.2) is 23.1 Å². The van der Waals surface area contributed by atoms with Gasteiger partial charge in [-0.25, -0.2) is 17.9 Å². The Morgan fingerprint density at radius 2 is 2.00 bits per heavy atom. The van der Waals surface area contributed by atoms with Crippen LogP contribution in [0.2, 0.25) is 0 Å². The first-order chi connectivity index (χ1) is 13.9. The SMILES string of the molecule is CCc1nc(Cn2c(=O)oc3cc(S(=O)(=O)NCc4ccc(C)o4)ccc32)no1. The van der Waals surface area contributed by atoms with Crippen molar-refractivity contribution in [3.05, 3.63) is 64.1 Å². The molecule has 0 atom stereocenters. The Hall–Kier alpha value is -3.18. The quantitative estimate of drug-likeness (QED) is 0.481. The summed E-state index contributed by atoms with van der Waals surface area (Å²) in [6, 6.07) is 7.66. The molecule has 0 radical (unpaired) electrons. The highest BCUT2D eigenvalue weighted by atomic mass is 32.2. The molecule has 3 aromatic heterocycles. The van der Waals surface area contributed by atoms with Crippen LogP contribution in [0.5, 0.6) is 0 Å². The third-order valence-corrected chi connectivity index (χ3v) is 5.69. The summed E-state index contributed by atoms with van der Waals surface area (Å²) in [5.41, 5.74) is 0.574. The third kappa shape index (κ3) is 3.87. The van der Waals surface area contributed by atoms with Crippen molar-refractivity contribution in [2.45, 2.75) is 38.3 Å². The number of furan rings is 1. The van der Waals surface area contributed by atoms with E-state index in [9.17, 15) is 13.2 Å². The molecule has 29 heavy (non-hydrogen) atoms. The Balaban J connectivity index is 1.60. The lowest BCUT2D eigenvalue weighted by Crippen LogP contribution is -2.23. The van der Waals surface area contributed by atoms with E-state index < -0.39 is 15.8 Å². The largest absolute Gasteiger partial charge is 0.465 e. The highest BCUT2D eigenvalue weighted by Gasteiger charge is 2.19. The van der Waals surface area contributed by atoms with E-state index in [0.29, 0.717) is 35.2 Å². The van der Waals surface area contributed by atoms with Crippen molar-refractivity contribution >= 4 is 21.1 Å². The number of hydrogen-bond donors (Lipinski definition) is 1. The Morgan fingerprint density at radius 3 is 2.69 bits per heavy atom. The second-order valence-electron chi connectivity index (χ2n) is 6.38. The number of nitrogens with one attached hydrogen (secondary N) is 1. The summed E-state index contributed by atoms with van der Waals surface area (Å²) in [6.45, 7) is 3.71. The predicted octanol–water partition coefficient (Wildman–Crippen LogP) is 1.97. The molecule has 0 aliphatic heterocycles. The average molecular weight is 418 g/mol. The molecule has 0 aliphatic rings. The summed E-state index contributed by atoms with van der Waals surface area (Å²) in [6.07, 6.45) is 0.583. The first kappa shape index (κ1) is 19.2. The van der Waals surface area contributed by atoms with Gasteiger partial charge in [0.25, 0.3) is 0 Å². The average Bonchev–Trinajstić information content (AvgIpc) is 3.40. The number of rotatable bonds is 7. The van der Waals surface area contributed by atoms with E-state index in [1.807, 2.05) is 6.92 Å². The van der Waals surface area contributed by atoms with Crippen LogP contribution >= 0.6 is 0 Å². The Bertz CT molecular complexity index is 1330. The van der Waals surface area contributed by atoms with Gasteiger partial charge in [-0.2, -0.15) is 4.98 Å². The second kappa shape index (κ2) is 7.33. The molecule has 0 amide bonds. The fraction of sp³-hybridized carbons (Fsp3) is 0.278. The van der Waals surface area contributed by atoms with Crippen LogP contribution in [0, 0.1) is 6.92 Å². The molecule has 0 bridgehead atoms. The number of sulfonamides is 1. The Labute approximate surface area is 165 Å². The van der Waals surface area contributed by atoms with Crippen molar-refractivity contribution in [3.63, 3.8) is 0 Å². The predicted molar refractivity (Wildman–Crippen MR) is 101 cm³/mol. The number of benzene rings is 1. The van der Waals surface area contributed by atoms with Gasteiger partial charge in [0.15, 0.2) is 11.4 Å². The van der Waals surface area contributed by atoms with E-state index in [0.717, 1.165) is 0 Å². The van der Waals surface area contributed by atoms with Crippen LogP contribution < -0.4 is 10.5 Å². The van der Waals surface area contributed by atoms with Crippen molar-refractivity contribution in [2.75, 3.05) is 0 Å². The smallest absolute Gasteiger partial charge is 0.420 e. The lowest BCUT2D eigenvalue weighted by molar-refractivity contribution is 0.375. The maximum atomic E-state index is 12.6. The number of aryl methyl sites for hydroxylation is 2. The van der Waals surface area contributed by atoms with Crippen molar-refractivity contribution in [3.8, 4) is 0 Å². The molecule has 4 rings (SSSR count). The molecular weight excluding hydrogens is 400 g/mol. The van der Waals surface area contributed by atoms with Gasteiger partial charge in [0.1, 0.15) is 11.5 Å². The van der Waals surface area contributed by atoms with Crippen LogP contribution in [0.3, 0.4) is 0 Å². The van der Waals surface area contributed by atoms with Crippen molar-refractivity contribution < 1.29 is 21.8 Å². The molecule has 0 saturated heterocycles. The van der Waals surface area contributed by atoms with Crippen LogP contribution in [0.4, 0.5) is 0 Å². The summed E-state index contributed by atoms with van der Waals surface area (Å²) >= 11 is 0. The number of fused-ring (bicyclic) bond motifs is 1. The van der Waals surface area contributed by atoms with Gasteiger partial charge in [0.05, 0.1) is 23.5 Å². The molecular formula is C18H18N4O6S. The fourth-order valence-corrected chi connectivity index (χ4v) is 3.84. The number of nitrogens with zero attached hydrogens (tertiary/aromatic N) is 3. The monoisotopic (exact) mass is 418 g/mol. The molecule has 0 saturated carbocycles. The molecule has 3 heterocycles. The minimum atomic E-state index is -3.82. The number of aromatic nitrogens is 3. The highest BCUT2D eigenvalue weighted by Crippen LogP contribution is 2.19. The van der Waals surface area contributed by atoms with Gasteiger partial charge in [-0.3, -0.25) is 4.57 Å². The standard InChI is InChI=1S/C18H18N4O6S/c1-3-17-20-16(21-28-17)10-22-14-7-6-13(8-15(14)27-18(22)23)29(24,25)19-9-12-5-4-11(2)26-12/h4-8,19H,3,9-10H2,1-2H3. The zero-order valence-corrected chi connectivity index (χ0v) is 16.5. The molecule has 0 aliphatic carbocycles. The van der Waals surface area contributed by atoms with Gasteiger partial charge >= 0.3 is 5.76 Å². The maximum Gasteiger partial charge on any atom is 0.420 e. The van der Waals surface area contributed by atoms with E-state index in [1.165, 1.54) is 22.8 Å². The number of oxazole rings is 1. The zero-order valence-electron chi connectivity index (χ0n) is 15.7. The molecule has 1 N–H and O–H groups in total. The number of hydrogen-bond acceptors (Lipinski definition) is 8. The van der Waals surface area contributed by atoms with Crippen LogP contribution in [0.25, 0.3) is 11.1 Å². The molecule has 10 nitrogen and oxygen atoms in total. The molecule has 1 aromatic carbocycles. The van der Waals surface area contributed by atoms with E-state index in [1.54, 1.807) is 19.1 Å². The zero-order chi connectivity index (χ0) is 20.6. The van der Waals surface area contributed by atoms with Gasteiger partial charge in [-0.15, -0.1) is 0 Å². The van der Waals surface area contributed by atoms with Crippen LogP contribution in [-0.2, 0) is 29.5 Å². The van der Waals surface area contributed by atoms with Gasteiger partial charge in [-0.05, 0) is 31.2 Å². The van der Waals surface area contributed by atoms with Gasteiger partial charge in [0, 0.05) is 12.5 Å². The van der Waals surface area contributed by atoms with Gasteiger partial charge in [-0.1, -0.05) is 12.1 Å². The summed E-state index contributed by atoms with van der Waals surface area (Å²) in [5.74, 6) is 1.34. The second-order valence-corrected chi connectivity index (χ2v) is 8.15.